The van der Waals surface area contributed by atoms with E-state index in [2.05, 4.69) is 0 Å². The summed E-state index contributed by atoms with van der Waals surface area (Å²) in [5.41, 5.74) is 0.392. The maximum absolute atomic E-state index is 13.4. The van der Waals surface area contributed by atoms with Gasteiger partial charge in [0.15, 0.2) is 6.29 Å². The van der Waals surface area contributed by atoms with Crippen molar-refractivity contribution in [2.24, 2.45) is 23.2 Å². The van der Waals surface area contributed by atoms with Crippen LogP contribution in [0, 0.1) is 23.2 Å². The fraction of sp³-hybridized carbons (Fsp3) is 0.500. The lowest BCUT2D eigenvalue weighted by molar-refractivity contribution is -0.170. The van der Waals surface area contributed by atoms with E-state index in [0.29, 0.717) is 28.9 Å². The third-order valence-electron chi connectivity index (χ3n) is 8.06. The first kappa shape index (κ1) is 17.6. The van der Waals surface area contributed by atoms with E-state index in [1.807, 2.05) is 24.3 Å². The summed E-state index contributed by atoms with van der Waals surface area (Å²) in [7, 11) is 0. The molecule has 1 aliphatic heterocycles. The Kier molecular flexibility index (Phi) is 3.58. The number of rotatable bonds is 3. The molecule has 150 valence electrons. The molecule has 0 unspecified atom stereocenters. The zero-order valence-electron chi connectivity index (χ0n) is 16.3. The van der Waals surface area contributed by atoms with Gasteiger partial charge in [-0.15, -0.1) is 0 Å². The Labute approximate surface area is 169 Å². The second-order valence-electron chi connectivity index (χ2n) is 9.86. The Morgan fingerprint density at radius 2 is 1.28 bits per heavy atom. The van der Waals surface area contributed by atoms with Crippen molar-refractivity contribution in [3.8, 4) is 0 Å². The topological polar surface area (TPSA) is 77.8 Å². The third kappa shape index (κ3) is 2.41. The summed E-state index contributed by atoms with van der Waals surface area (Å²) in [4.78, 5) is 27.9. The first-order chi connectivity index (χ1) is 13.9. The molecule has 2 aromatic rings. The standard InChI is InChI=1S/C24H25NO4/c26-21-18-8-16-3-1-2-4-17(16)9-19(18)22(27)25(21)20(23(28)29)24-10-13-5-14(11-24)7-15(6-13)12-24/h1-4,8-9,13-15,20,23,28-29H,5-7,10-12H2/t13?,14?,15?,20-,24?/m1/s1. The first-order valence-corrected chi connectivity index (χ1v) is 10.7. The minimum absolute atomic E-state index is 0.365. The van der Waals surface area contributed by atoms with Crippen LogP contribution in [0.3, 0.4) is 0 Å². The molecule has 29 heavy (non-hydrogen) atoms. The highest BCUT2D eigenvalue weighted by Gasteiger charge is 2.59. The highest BCUT2D eigenvalue weighted by Crippen LogP contribution is 2.62. The molecule has 0 saturated heterocycles. The lowest BCUT2D eigenvalue weighted by Gasteiger charge is -2.60. The summed E-state index contributed by atoms with van der Waals surface area (Å²) < 4.78 is 0. The number of fused-ring (bicyclic) bond motifs is 2. The smallest absolute Gasteiger partial charge is 0.262 e. The number of amides is 2. The van der Waals surface area contributed by atoms with Crippen LogP contribution < -0.4 is 0 Å². The summed E-state index contributed by atoms with van der Waals surface area (Å²) >= 11 is 0. The fourth-order valence-corrected chi connectivity index (χ4v) is 7.46. The molecular weight excluding hydrogens is 366 g/mol. The van der Waals surface area contributed by atoms with Crippen molar-refractivity contribution in [3.63, 3.8) is 0 Å². The number of aliphatic hydroxyl groups excluding tert-OH is 1. The van der Waals surface area contributed by atoms with Crippen LogP contribution in [0.4, 0.5) is 0 Å². The molecule has 0 spiro atoms. The van der Waals surface area contributed by atoms with Crippen LogP contribution in [-0.4, -0.2) is 39.3 Å². The van der Waals surface area contributed by atoms with Gasteiger partial charge in [-0.25, -0.2) is 0 Å². The van der Waals surface area contributed by atoms with Crippen LogP contribution in [0.2, 0.25) is 0 Å². The number of carbonyl (C=O) groups excluding carboxylic acids is 2. The molecular formula is C24H25NO4. The maximum atomic E-state index is 13.4. The van der Waals surface area contributed by atoms with E-state index < -0.39 is 12.3 Å². The highest BCUT2D eigenvalue weighted by molar-refractivity contribution is 6.23. The van der Waals surface area contributed by atoms with E-state index in [1.165, 1.54) is 24.2 Å². The molecule has 7 rings (SSSR count). The zero-order valence-corrected chi connectivity index (χ0v) is 16.3. The molecule has 0 aromatic heterocycles. The molecule has 5 aliphatic rings. The van der Waals surface area contributed by atoms with Gasteiger partial charge in [0.25, 0.3) is 11.8 Å². The molecule has 5 heteroatoms. The van der Waals surface area contributed by atoms with E-state index in [-0.39, 0.29) is 17.2 Å². The van der Waals surface area contributed by atoms with Gasteiger partial charge >= 0.3 is 0 Å². The Hall–Kier alpha value is -2.24. The van der Waals surface area contributed by atoms with Crippen LogP contribution in [0.5, 0.6) is 0 Å². The molecule has 0 radical (unpaired) electrons. The van der Waals surface area contributed by atoms with Crippen LogP contribution in [-0.2, 0) is 0 Å². The van der Waals surface area contributed by atoms with Crippen molar-refractivity contribution in [1.82, 2.24) is 4.90 Å². The normalized spacial score (nSPS) is 33.8. The van der Waals surface area contributed by atoms with E-state index >= 15 is 0 Å². The van der Waals surface area contributed by atoms with E-state index in [4.69, 9.17) is 0 Å². The average Bonchev–Trinajstić information content (AvgIpc) is 2.90. The minimum Gasteiger partial charge on any atom is -0.366 e. The zero-order chi connectivity index (χ0) is 19.9. The summed E-state index contributed by atoms with van der Waals surface area (Å²) in [6.45, 7) is 0. The number of nitrogens with zero attached hydrogens (tertiary/aromatic N) is 1. The second kappa shape index (κ2) is 5.89. The SMILES string of the molecule is O=C1c2cc3ccccc3cc2C(=O)N1[C@H](C(O)O)C12CC3CC(CC(C3)C1)C2. The van der Waals surface area contributed by atoms with Gasteiger partial charge in [-0.1, -0.05) is 24.3 Å². The van der Waals surface area contributed by atoms with Crippen molar-refractivity contribution in [2.75, 3.05) is 0 Å². The van der Waals surface area contributed by atoms with E-state index in [0.717, 1.165) is 30.0 Å². The molecule has 5 nitrogen and oxygen atoms in total. The fourth-order valence-electron chi connectivity index (χ4n) is 7.46. The van der Waals surface area contributed by atoms with Gasteiger partial charge in [0.05, 0.1) is 17.2 Å². The van der Waals surface area contributed by atoms with Gasteiger partial charge in [0.2, 0.25) is 0 Å². The van der Waals surface area contributed by atoms with Crippen LogP contribution >= 0.6 is 0 Å². The highest BCUT2D eigenvalue weighted by atomic mass is 16.5. The van der Waals surface area contributed by atoms with Crippen LogP contribution in [0.25, 0.3) is 10.8 Å². The molecule has 2 N–H and O–H groups in total. The molecule has 4 saturated carbocycles. The second-order valence-corrected chi connectivity index (χ2v) is 9.86. The Morgan fingerprint density at radius 3 is 1.69 bits per heavy atom. The quantitative estimate of drug-likeness (QED) is 0.621. The summed E-state index contributed by atoms with van der Waals surface area (Å²) in [5, 5.41) is 22.7. The number of hydrogen-bond donors (Lipinski definition) is 2. The number of aliphatic hydroxyl groups is 2. The summed E-state index contributed by atoms with van der Waals surface area (Å²) in [6, 6.07) is 10.3. The first-order valence-electron chi connectivity index (χ1n) is 10.7. The predicted molar refractivity (Wildman–Crippen MR) is 107 cm³/mol. The summed E-state index contributed by atoms with van der Waals surface area (Å²) in [5.74, 6) is 0.981. The van der Waals surface area contributed by atoms with Crippen molar-refractivity contribution in [2.45, 2.75) is 50.9 Å². The van der Waals surface area contributed by atoms with Crippen LogP contribution in [0.1, 0.15) is 59.2 Å². The van der Waals surface area contributed by atoms with Crippen molar-refractivity contribution in [3.05, 3.63) is 47.5 Å². The third-order valence-corrected chi connectivity index (χ3v) is 8.06. The lowest BCUT2D eigenvalue weighted by atomic mass is 9.47. The van der Waals surface area contributed by atoms with Gasteiger partial charge in [0, 0.05) is 0 Å². The average molecular weight is 391 g/mol. The van der Waals surface area contributed by atoms with E-state index in [9.17, 15) is 19.8 Å². The summed E-state index contributed by atoms with van der Waals surface area (Å²) in [6.07, 6.45) is 4.57. The van der Waals surface area contributed by atoms with Gasteiger partial charge < -0.3 is 10.2 Å². The Bertz CT molecular complexity index is 953. The molecule has 1 heterocycles. The molecule has 2 amide bonds. The Morgan fingerprint density at radius 1 is 0.828 bits per heavy atom. The van der Waals surface area contributed by atoms with Gasteiger partial charge in [0.1, 0.15) is 0 Å². The number of benzene rings is 2. The van der Waals surface area contributed by atoms with Gasteiger partial charge in [-0.05, 0) is 84.6 Å². The molecule has 1 atom stereocenters. The largest absolute Gasteiger partial charge is 0.366 e. The molecule has 4 fully saturated rings. The van der Waals surface area contributed by atoms with Crippen molar-refractivity contribution < 1.29 is 19.8 Å². The monoisotopic (exact) mass is 391 g/mol. The molecule has 4 bridgehead atoms. The van der Waals surface area contributed by atoms with Crippen LogP contribution in [0.15, 0.2) is 36.4 Å². The van der Waals surface area contributed by atoms with E-state index in [1.54, 1.807) is 12.1 Å². The van der Waals surface area contributed by atoms with Gasteiger partial charge in [-0.3, -0.25) is 14.5 Å². The van der Waals surface area contributed by atoms with Gasteiger partial charge in [-0.2, -0.15) is 0 Å². The van der Waals surface area contributed by atoms with Crippen molar-refractivity contribution in [1.29, 1.82) is 0 Å². The number of imide groups is 1. The lowest BCUT2D eigenvalue weighted by Crippen LogP contribution is -2.62. The maximum Gasteiger partial charge on any atom is 0.262 e. The molecule has 2 aromatic carbocycles. The number of hydrogen-bond acceptors (Lipinski definition) is 4. The Balaban J connectivity index is 1.45. The minimum atomic E-state index is -1.72. The predicted octanol–water partition coefficient (Wildman–Crippen LogP) is 3.33. The number of carbonyl (C=O) groups is 2. The molecule has 4 aliphatic carbocycles. The van der Waals surface area contributed by atoms with Crippen molar-refractivity contribution >= 4 is 22.6 Å².